The van der Waals surface area contributed by atoms with Gasteiger partial charge in [-0.2, -0.15) is 11.8 Å². The lowest BCUT2D eigenvalue weighted by Gasteiger charge is -2.37. The summed E-state index contributed by atoms with van der Waals surface area (Å²) in [7, 11) is 0. The van der Waals surface area contributed by atoms with E-state index >= 15 is 0 Å². The predicted octanol–water partition coefficient (Wildman–Crippen LogP) is 3.37. The second-order valence-corrected chi connectivity index (χ2v) is 7.11. The van der Waals surface area contributed by atoms with Gasteiger partial charge in [-0.05, 0) is 41.9 Å². The Kier molecular flexibility index (Phi) is 3.48. The second kappa shape index (κ2) is 4.52. The number of halogens is 1. The maximum absolute atomic E-state index is 5.52. The highest BCUT2D eigenvalue weighted by Gasteiger charge is 2.27. The third kappa shape index (κ3) is 3.26. The molecular weight excluding hydrogens is 274 g/mol. The summed E-state index contributed by atoms with van der Waals surface area (Å²) in [5, 5.41) is 0. The highest BCUT2D eigenvalue weighted by Crippen LogP contribution is 2.30. The monoisotopic (exact) mass is 289 g/mol. The first kappa shape index (κ1) is 11.6. The zero-order chi connectivity index (χ0) is 10.9. The van der Waals surface area contributed by atoms with Gasteiger partial charge in [-0.1, -0.05) is 0 Å². The number of hydrogen-bond acceptors (Lipinski definition) is 3. The summed E-state index contributed by atoms with van der Waals surface area (Å²) in [4.78, 5) is 2.46. The van der Waals surface area contributed by atoms with Gasteiger partial charge in [0.15, 0.2) is 4.67 Å². The maximum Gasteiger partial charge on any atom is 0.169 e. The molecule has 0 radical (unpaired) electrons. The zero-order valence-electron chi connectivity index (χ0n) is 9.12. The normalized spacial score (nSPS) is 21.8. The van der Waals surface area contributed by atoms with Crippen LogP contribution in [0, 0.1) is 0 Å². The number of thioether (sulfide) groups is 1. The standard InChI is InChI=1S/C11H16BrNOS/c1-11(2)8-13(5-6-15-11)7-9-3-4-10(12)14-9/h3-4H,5-8H2,1-2H3. The van der Waals surface area contributed by atoms with Crippen LogP contribution in [-0.4, -0.2) is 28.5 Å². The van der Waals surface area contributed by atoms with Gasteiger partial charge in [0.2, 0.25) is 0 Å². The first-order valence-corrected chi connectivity index (χ1v) is 6.94. The Morgan fingerprint density at radius 1 is 1.53 bits per heavy atom. The Morgan fingerprint density at radius 2 is 2.33 bits per heavy atom. The highest BCUT2D eigenvalue weighted by molar-refractivity contribution is 9.10. The molecule has 0 bridgehead atoms. The largest absolute Gasteiger partial charge is 0.453 e. The number of rotatable bonds is 2. The van der Waals surface area contributed by atoms with E-state index in [4.69, 9.17) is 4.42 Å². The van der Waals surface area contributed by atoms with E-state index in [1.807, 2.05) is 12.1 Å². The van der Waals surface area contributed by atoms with Crippen molar-refractivity contribution >= 4 is 27.7 Å². The summed E-state index contributed by atoms with van der Waals surface area (Å²) in [6.07, 6.45) is 0. The molecule has 2 nitrogen and oxygen atoms in total. The molecule has 0 atom stereocenters. The van der Waals surface area contributed by atoms with Crippen LogP contribution < -0.4 is 0 Å². The Bertz CT molecular complexity index is 337. The van der Waals surface area contributed by atoms with E-state index in [9.17, 15) is 0 Å². The molecule has 1 aromatic rings. The average molecular weight is 290 g/mol. The van der Waals surface area contributed by atoms with Crippen LogP contribution in [0.2, 0.25) is 0 Å². The predicted molar refractivity (Wildman–Crippen MR) is 68.2 cm³/mol. The molecule has 1 fully saturated rings. The van der Waals surface area contributed by atoms with Crippen LogP contribution in [0.4, 0.5) is 0 Å². The van der Waals surface area contributed by atoms with Crippen molar-refractivity contribution in [2.75, 3.05) is 18.8 Å². The highest BCUT2D eigenvalue weighted by atomic mass is 79.9. The van der Waals surface area contributed by atoms with Crippen LogP contribution in [0.3, 0.4) is 0 Å². The summed E-state index contributed by atoms with van der Waals surface area (Å²) >= 11 is 5.39. The molecule has 0 N–H and O–H groups in total. The van der Waals surface area contributed by atoms with Gasteiger partial charge in [0.1, 0.15) is 5.76 Å². The molecule has 1 aromatic heterocycles. The quantitative estimate of drug-likeness (QED) is 0.831. The lowest BCUT2D eigenvalue weighted by atomic mass is 10.2. The second-order valence-electron chi connectivity index (χ2n) is 4.52. The van der Waals surface area contributed by atoms with Gasteiger partial charge < -0.3 is 4.42 Å². The van der Waals surface area contributed by atoms with Gasteiger partial charge >= 0.3 is 0 Å². The Morgan fingerprint density at radius 3 is 2.93 bits per heavy atom. The van der Waals surface area contributed by atoms with Crippen molar-refractivity contribution < 1.29 is 4.42 Å². The van der Waals surface area contributed by atoms with Crippen molar-refractivity contribution in [2.24, 2.45) is 0 Å². The van der Waals surface area contributed by atoms with E-state index < -0.39 is 0 Å². The summed E-state index contributed by atoms with van der Waals surface area (Å²) < 4.78 is 6.72. The molecule has 0 aliphatic carbocycles. The molecule has 1 aliphatic heterocycles. The first-order valence-electron chi connectivity index (χ1n) is 5.16. The molecular formula is C11H16BrNOS. The maximum atomic E-state index is 5.52. The van der Waals surface area contributed by atoms with Crippen LogP contribution >= 0.6 is 27.7 Å². The van der Waals surface area contributed by atoms with Crippen molar-refractivity contribution in [3.05, 3.63) is 22.6 Å². The van der Waals surface area contributed by atoms with E-state index in [0.717, 1.165) is 30.1 Å². The number of furan rings is 1. The van der Waals surface area contributed by atoms with E-state index in [1.165, 1.54) is 5.75 Å². The Balaban J connectivity index is 1.95. The molecule has 2 heterocycles. The molecule has 84 valence electrons. The van der Waals surface area contributed by atoms with Gasteiger partial charge in [0.25, 0.3) is 0 Å². The van der Waals surface area contributed by atoms with Crippen molar-refractivity contribution in [3.63, 3.8) is 0 Å². The molecule has 0 spiro atoms. The molecule has 0 saturated carbocycles. The fraction of sp³-hybridized carbons (Fsp3) is 0.636. The Labute approximate surface area is 104 Å². The summed E-state index contributed by atoms with van der Waals surface area (Å²) in [6, 6.07) is 4.00. The molecule has 2 rings (SSSR count). The Hall–Kier alpha value is 0.0700. The van der Waals surface area contributed by atoms with Gasteiger partial charge in [-0.25, -0.2) is 0 Å². The SMILES string of the molecule is CC1(C)CN(Cc2ccc(Br)o2)CCS1. The van der Waals surface area contributed by atoms with Crippen molar-refractivity contribution in [1.29, 1.82) is 0 Å². The smallest absolute Gasteiger partial charge is 0.169 e. The number of hydrogen-bond donors (Lipinski definition) is 0. The number of nitrogens with zero attached hydrogens (tertiary/aromatic N) is 1. The fourth-order valence-corrected chi connectivity index (χ4v) is 3.42. The van der Waals surface area contributed by atoms with Crippen LogP contribution in [0.5, 0.6) is 0 Å². The van der Waals surface area contributed by atoms with Crippen molar-refractivity contribution in [2.45, 2.75) is 25.1 Å². The molecule has 0 unspecified atom stereocenters. The summed E-state index contributed by atoms with van der Waals surface area (Å²) in [6.45, 7) is 7.84. The summed E-state index contributed by atoms with van der Waals surface area (Å²) in [5.74, 6) is 2.26. The van der Waals surface area contributed by atoms with Gasteiger partial charge in [-0.3, -0.25) is 4.90 Å². The van der Waals surface area contributed by atoms with Crippen LogP contribution in [0.15, 0.2) is 21.2 Å². The van der Waals surface area contributed by atoms with E-state index in [2.05, 4.69) is 46.4 Å². The van der Waals surface area contributed by atoms with Crippen LogP contribution in [-0.2, 0) is 6.54 Å². The van der Waals surface area contributed by atoms with Crippen LogP contribution in [0.1, 0.15) is 19.6 Å². The molecule has 15 heavy (non-hydrogen) atoms. The third-order valence-electron chi connectivity index (χ3n) is 2.51. The lowest BCUT2D eigenvalue weighted by molar-refractivity contribution is 0.231. The van der Waals surface area contributed by atoms with Crippen molar-refractivity contribution in [3.8, 4) is 0 Å². The average Bonchev–Trinajstić information content (AvgIpc) is 2.49. The van der Waals surface area contributed by atoms with E-state index in [-0.39, 0.29) is 0 Å². The van der Waals surface area contributed by atoms with E-state index in [0.29, 0.717) is 4.75 Å². The molecule has 0 aromatic carbocycles. The van der Waals surface area contributed by atoms with Gasteiger partial charge in [0.05, 0.1) is 6.54 Å². The topological polar surface area (TPSA) is 16.4 Å². The first-order chi connectivity index (χ1) is 7.05. The van der Waals surface area contributed by atoms with Crippen LogP contribution in [0.25, 0.3) is 0 Å². The minimum atomic E-state index is 0.377. The summed E-state index contributed by atoms with van der Waals surface area (Å²) in [5.41, 5.74) is 0. The zero-order valence-corrected chi connectivity index (χ0v) is 11.5. The minimum absolute atomic E-state index is 0.377. The van der Waals surface area contributed by atoms with Crippen molar-refractivity contribution in [1.82, 2.24) is 4.90 Å². The van der Waals surface area contributed by atoms with Gasteiger partial charge in [0, 0.05) is 23.6 Å². The molecule has 0 amide bonds. The fourth-order valence-electron chi connectivity index (χ4n) is 1.91. The van der Waals surface area contributed by atoms with Gasteiger partial charge in [-0.15, -0.1) is 0 Å². The molecule has 1 saturated heterocycles. The third-order valence-corrected chi connectivity index (χ3v) is 4.24. The van der Waals surface area contributed by atoms with E-state index in [1.54, 1.807) is 0 Å². The minimum Gasteiger partial charge on any atom is -0.453 e. The molecule has 1 aliphatic rings. The lowest BCUT2D eigenvalue weighted by Crippen LogP contribution is -2.42. The molecule has 4 heteroatoms.